The normalized spacial score (nSPS) is 32.2. The van der Waals surface area contributed by atoms with Crippen LogP contribution in [0.15, 0.2) is 18.2 Å². The number of benzene rings is 1. The van der Waals surface area contributed by atoms with Gasteiger partial charge in [0.15, 0.2) is 0 Å². The maximum absolute atomic E-state index is 13.8. The first-order chi connectivity index (χ1) is 10.2. The van der Waals surface area contributed by atoms with Gasteiger partial charge in [0.25, 0.3) is 0 Å². The monoisotopic (exact) mass is 285 g/mol. The molecule has 0 spiro atoms. The van der Waals surface area contributed by atoms with Crippen LogP contribution in [0.2, 0.25) is 0 Å². The molecule has 0 heterocycles. The topological polar surface area (TPSA) is 23.8 Å². The van der Waals surface area contributed by atoms with Crippen LogP contribution in [0.4, 0.5) is 4.39 Å². The highest BCUT2D eigenvalue weighted by Crippen LogP contribution is 2.48. The summed E-state index contributed by atoms with van der Waals surface area (Å²) in [6, 6.07) is 7.11. The van der Waals surface area contributed by atoms with E-state index < -0.39 is 0 Å². The lowest BCUT2D eigenvalue weighted by Gasteiger charge is -2.42. The van der Waals surface area contributed by atoms with Crippen LogP contribution in [0.3, 0.4) is 0 Å². The van der Waals surface area contributed by atoms with Gasteiger partial charge in [-0.1, -0.05) is 25.8 Å². The van der Waals surface area contributed by atoms with E-state index in [-0.39, 0.29) is 11.4 Å². The van der Waals surface area contributed by atoms with Gasteiger partial charge in [0.05, 0.1) is 5.56 Å². The third-order valence-corrected chi connectivity index (χ3v) is 5.88. The maximum Gasteiger partial charge on any atom is 0.141 e. The molecule has 0 saturated heterocycles. The molecular formula is C19H24FN. The fourth-order valence-corrected chi connectivity index (χ4v) is 4.54. The zero-order valence-electron chi connectivity index (χ0n) is 12.8. The van der Waals surface area contributed by atoms with Crippen LogP contribution in [0, 0.1) is 34.9 Å². The van der Waals surface area contributed by atoms with Crippen molar-refractivity contribution < 1.29 is 4.39 Å². The van der Waals surface area contributed by atoms with Gasteiger partial charge in [-0.3, -0.25) is 0 Å². The fraction of sp³-hybridized carbons (Fsp3) is 0.632. The third kappa shape index (κ3) is 2.98. The summed E-state index contributed by atoms with van der Waals surface area (Å²) in [5.41, 5.74) is 1.26. The summed E-state index contributed by atoms with van der Waals surface area (Å²) in [5.74, 6) is 2.82. The van der Waals surface area contributed by atoms with Gasteiger partial charge in [-0.2, -0.15) is 5.26 Å². The average Bonchev–Trinajstić information content (AvgIpc) is 2.53. The lowest BCUT2D eigenvalue weighted by molar-refractivity contribution is 0.116. The molecule has 0 N–H and O–H groups in total. The molecule has 4 atom stereocenters. The van der Waals surface area contributed by atoms with Gasteiger partial charge in [-0.15, -0.1) is 0 Å². The Morgan fingerprint density at radius 3 is 2.62 bits per heavy atom. The summed E-state index contributed by atoms with van der Waals surface area (Å²) in [5, 5.41) is 8.83. The highest BCUT2D eigenvalue weighted by atomic mass is 19.1. The second-order valence-corrected chi connectivity index (χ2v) is 6.97. The van der Waals surface area contributed by atoms with Gasteiger partial charge in [0, 0.05) is 0 Å². The molecule has 2 heteroatoms. The Morgan fingerprint density at radius 1 is 1.14 bits per heavy atom. The predicted octanol–water partition coefficient (Wildman–Crippen LogP) is 5.41. The molecule has 0 aromatic heterocycles. The third-order valence-electron chi connectivity index (χ3n) is 5.88. The molecule has 1 aromatic carbocycles. The molecule has 2 aliphatic carbocycles. The number of nitriles is 1. The Morgan fingerprint density at radius 2 is 1.90 bits per heavy atom. The Labute approximate surface area is 127 Å². The van der Waals surface area contributed by atoms with Crippen molar-refractivity contribution in [3.8, 4) is 6.07 Å². The second-order valence-electron chi connectivity index (χ2n) is 6.97. The number of hydrogen-bond donors (Lipinski definition) is 0. The fourth-order valence-electron chi connectivity index (χ4n) is 4.54. The minimum absolute atomic E-state index is 0.163. The Kier molecular flexibility index (Phi) is 4.29. The van der Waals surface area contributed by atoms with Gasteiger partial charge in [-0.05, 0) is 73.5 Å². The smallest absolute Gasteiger partial charge is 0.141 e. The zero-order valence-corrected chi connectivity index (χ0v) is 12.8. The molecule has 21 heavy (non-hydrogen) atoms. The number of halogens is 1. The largest absolute Gasteiger partial charge is 0.206 e. The maximum atomic E-state index is 13.8. The highest BCUT2D eigenvalue weighted by Gasteiger charge is 2.35. The molecule has 2 saturated carbocycles. The van der Waals surface area contributed by atoms with Crippen LogP contribution < -0.4 is 0 Å². The van der Waals surface area contributed by atoms with Crippen molar-refractivity contribution in [1.29, 1.82) is 5.26 Å². The summed E-state index contributed by atoms with van der Waals surface area (Å²) in [6.45, 7) is 2.32. The number of nitrogens with zero attached hydrogens (tertiary/aromatic N) is 1. The average molecular weight is 285 g/mol. The Balaban J connectivity index is 1.70. The van der Waals surface area contributed by atoms with E-state index >= 15 is 0 Å². The molecule has 0 radical (unpaired) electrons. The molecule has 0 amide bonds. The Bertz CT molecular complexity index is 545. The highest BCUT2D eigenvalue weighted by molar-refractivity contribution is 5.35. The van der Waals surface area contributed by atoms with Gasteiger partial charge >= 0.3 is 0 Å². The van der Waals surface area contributed by atoms with Crippen molar-refractivity contribution in [2.45, 2.75) is 57.8 Å². The SMILES string of the molecule is CCC1CCC2CC(c3ccc(C#N)c(F)c3)CCC2C1. The van der Waals surface area contributed by atoms with Crippen molar-refractivity contribution >= 4 is 0 Å². The van der Waals surface area contributed by atoms with Crippen molar-refractivity contribution in [1.82, 2.24) is 0 Å². The molecule has 1 nitrogen and oxygen atoms in total. The predicted molar refractivity (Wildman–Crippen MR) is 82.3 cm³/mol. The second kappa shape index (κ2) is 6.18. The van der Waals surface area contributed by atoms with E-state index in [1.165, 1.54) is 44.9 Å². The standard InChI is InChI=1S/C19H24FN/c1-2-13-3-4-15-10-16(6-5-14(15)9-13)17-7-8-18(12-21)19(20)11-17/h7-8,11,13-16H,2-6,9-10H2,1H3. The van der Waals surface area contributed by atoms with Crippen molar-refractivity contribution in [3.05, 3.63) is 35.1 Å². The lowest BCUT2D eigenvalue weighted by atomic mass is 9.63. The summed E-state index contributed by atoms with van der Waals surface area (Å²) in [7, 11) is 0. The molecule has 1 aromatic rings. The van der Waals surface area contributed by atoms with E-state index in [1.807, 2.05) is 12.1 Å². The first-order valence-corrected chi connectivity index (χ1v) is 8.40. The van der Waals surface area contributed by atoms with E-state index in [1.54, 1.807) is 12.1 Å². The first-order valence-electron chi connectivity index (χ1n) is 8.40. The van der Waals surface area contributed by atoms with Crippen molar-refractivity contribution in [3.63, 3.8) is 0 Å². The van der Waals surface area contributed by atoms with Crippen molar-refractivity contribution in [2.75, 3.05) is 0 Å². The minimum Gasteiger partial charge on any atom is -0.206 e. The van der Waals surface area contributed by atoms with Gasteiger partial charge in [0.2, 0.25) is 0 Å². The van der Waals surface area contributed by atoms with Crippen LogP contribution >= 0.6 is 0 Å². The van der Waals surface area contributed by atoms with Gasteiger partial charge in [0.1, 0.15) is 11.9 Å². The molecule has 3 rings (SSSR count). The van der Waals surface area contributed by atoms with Gasteiger partial charge in [-0.25, -0.2) is 4.39 Å². The minimum atomic E-state index is -0.355. The summed E-state index contributed by atoms with van der Waals surface area (Å²) < 4.78 is 13.8. The lowest BCUT2D eigenvalue weighted by Crippen LogP contribution is -2.30. The number of hydrogen-bond acceptors (Lipinski definition) is 1. The first kappa shape index (κ1) is 14.6. The summed E-state index contributed by atoms with van der Waals surface area (Å²) in [4.78, 5) is 0. The zero-order chi connectivity index (χ0) is 14.8. The van der Waals surface area contributed by atoms with E-state index in [0.717, 1.165) is 23.3 Å². The molecule has 0 bridgehead atoms. The van der Waals surface area contributed by atoms with E-state index in [0.29, 0.717) is 5.92 Å². The van der Waals surface area contributed by atoms with Crippen LogP contribution in [-0.2, 0) is 0 Å². The van der Waals surface area contributed by atoms with Gasteiger partial charge < -0.3 is 0 Å². The van der Waals surface area contributed by atoms with Crippen LogP contribution in [0.1, 0.15) is 68.9 Å². The van der Waals surface area contributed by atoms with E-state index in [2.05, 4.69) is 6.92 Å². The number of rotatable bonds is 2. The van der Waals surface area contributed by atoms with Crippen molar-refractivity contribution in [2.24, 2.45) is 17.8 Å². The quantitative estimate of drug-likeness (QED) is 0.713. The van der Waals surface area contributed by atoms with Crippen LogP contribution in [0.25, 0.3) is 0 Å². The molecule has 4 unspecified atom stereocenters. The Hall–Kier alpha value is -1.36. The molecule has 0 aliphatic heterocycles. The molecule has 2 fully saturated rings. The van der Waals surface area contributed by atoms with E-state index in [4.69, 9.17) is 5.26 Å². The summed E-state index contributed by atoms with van der Waals surface area (Å²) >= 11 is 0. The number of fused-ring (bicyclic) bond motifs is 1. The van der Waals surface area contributed by atoms with Crippen LogP contribution in [-0.4, -0.2) is 0 Å². The summed E-state index contributed by atoms with van der Waals surface area (Å²) in [6.07, 6.45) is 9.18. The van der Waals surface area contributed by atoms with E-state index in [9.17, 15) is 4.39 Å². The molecule has 112 valence electrons. The van der Waals surface area contributed by atoms with Crippen LogP contribution in [0.5, 0.6) is 0 Å². The molecular weight excluding hydrogens is 261 g/mol. The molecule has 2 aliphatic rings.